The number of aliphatic hydroxyl groups excluding tert-OH is 1. The highest BCUT2D eigenvalue weighted by Gasteiger charge is 2.67. The monoisotopic (exact) mass is 343 g/mol. The van der Waals surface area contributed by atoms with Gasteiger partial charge < -0.3 is 5.11 Å². The van der Waals surface area contributed by atoms with Crippen LogP contribution < -0.4 is 0 Å². The van der Waals surface area contributed by atoms with E-state index in [1.54, 1.807) is 0 Å². The van der Waals surface area contributed by atoms with Crippen molar-refractivity contribution < 1.29 is 5.11 Å². The van der Waals surface area contributed by atoms with Gasteiger partial charge in [0.1, 0.15) is 0 Å². The van der Waals surface area contributed by atoms with Gasteiger partial charge >= 0.3 is 0 Å². The zero-order chi connectivity index (χ0) is 18.0. The van der Waals surface area contributed by atoms with Crippen LogP contribution in [0, 0.1) is 46.8 Å². The first kappa shape index (κ1) is 17.9. The summed E-state index contributed by atoms with van der Waals surface area (Å²) in [5, 5.41) is 11.4. The molecule has 25 heavy (non-hydrogen) atoms. The van der Waals surface area contributed by atoms with E-state index in [4.69, 9.17) is 6.42 Å². The Kier molecular flexibility index (Phi) is 4.10. The van der Waals surface area contributed by atoms with Gasteiger partial charge in [-0.05, 0) is 88.1 Å². The number of nitrogens with zero attached hydrogens (tertiary/aromatic N) is 1. The van der Waals surface area contributed by atoms with Crippen LogP contribution in [-0.4, -0.2) is 35.7 Å². The maximum Gasteiger partial charge on any atom is 0.0876 e. The fourth-order valence-electron chi connectivity index (χ4n) is 8.53. The van der Waals surface area contributed by atoms with Gasteiger partial charge in [-0.25, -0.2) is 0 Å². The summed E-state index contributed by atoms with van der Waals surface area (Å²) in [7, 11) is 4.29. The summed E-state index contributed by atoms with van der Waals surface area (Å²) in [6.45, 7) is 4.92. The quantitative estimate of drug-likeness (QED) is 0.717. The summed E-state index contributed by atoms with van der Waals surface area (Å²) < 4.78 is 0. The Morgan fingerprint density at radius 1 is 1.04 bits per heavy atom. The number of fused-ring (bicyclic) bond motifs is 5. The number of aliphatic hydroxyl groups is 1. The van der Waals surface area contributed by atoms with Crippen LogP contribution in [-0.2, 0) is 0 Å². The van der Waals surface area contributed by atoms with Crippen LogP contribution in [0.5, 0.6) is 0 Å². The molecule has 0 bridgehead atoms. The smallest absolute Gasteiger partial charge is 0.0876 e. The van der Waals surface area contributed by atoms with E-state index >= 15 is 0 Å². The van der Waals surface area contributed by atoms with E-state index in [1.807, 2.05) is 0 Å². The molecule has 0 unspecified atom stereocenters. The molecule has 8 atom stereocenters. The van der Waals surface area contributed by atoms with Gasteiger partial charge in [0.15, 0.2) is 0 Å². The summed E-state index contributed by atoms with van der Waals surface area (Å²) in [5.41, 5.74) is 0.221. The largest absolute Gasteiger partial charge is 0.393 e. The van der Waals surface area contributed by atoms with Crippen molar-refractivity contribution in [3.05, 3.63) is 0 Å². The number of hydrogen-bond donors (Lipinski definition) is 1. The van der Waals surface area contributed by atoms with Gasteiger partial charge in [0, 0.05) is 5.41 Å². The molecule has 0 saturated heterocycles. The maximum atomic E-state index is 11.4. The lowest BCUT2D eigenvalue weighted by atomic mass is 9.43. The zero-order valence-electron chi connectivity index (χ0n) is 16.7. The molecule has 0 aromatic heterocycles. The molecule has 4 saturated carbocycles. The van der Waals surface area contributed by atoms with Crippen molar-refractivity contribution >= 4 is 0 Å². The first-order chi connectivity index (χ1) is 11.8. The van der Waals surface area contributed by atoms with E-state index in [-0.39, 0.29) is 17.1 Å². The maximum absolute atomic E-state index is 11.4. The van der Waals surface area contributed by atoms with E-state index in [9.17, 15) is 5.11 Å². The average molecular weight is 344 g/mol. The van der Waals surface area contributed by atoms with Crippen LogP contribution in [0.4, 0.5) is 0 Å². The molecule has 0 amide bonds. The molecule has 0 aromatic rings. The van der Waals surface area contributed by atoms with Crippen molar-refractivity contribution in [1.82, 2.24) is 4.90 Å². The second-order valence-corrected chi connectivity index (χ2v) is 10.4. The minimum absolute atomic E-state index is 0.0453. The topological polar surface area (TPSA) is 23.5 Å². The van der Waals surface area contributed by atoms with Crippen molar-refractivity contribution in [1.29, 1.82) is 0 Å². The van der Waals surface area contributed by atoms with Crippen LogP contribution in [0.1, 0.15) is 71.6 Å². The SMILES string of the molecule is C#C[C@]1(N(C)C)CC[C@H]2[C@@H]3CC[C@H]4CCCC[C@]4(C)[C@H]3[C@@H](O)C[C@@]21C. The third-order valence-corrected chi connectivity index (χ3v) is 9.67. The predicted octanol–water partition coefficient (Wildman–Crippen LogP) is 4.32. The lowest BCUT2D eigenvalue weighted by molar-refractivity contribution is -0.175. The fraction of sp³-hybridized carbons (Fsp3) is 0.913. The van der Waals surface area contributed by atoms with Gasteiger partial charge in [-0.2, -0.15) is 0 Å². The molecule has 0 spiro atoms. The second-order valence-electron chi connectivity index (χ2n) is 10.4. The number of hydrogen-bond acceptors (Lipinski definition) is 2. The Labute approximate surface area is 154 Å². The summed E-state index contributed by atoms with van der Waals surface area (Å²) in [6, 6.07) is 0. The standard InChI is InChI=1S/C23H37NO/c1-6-23(24(4)5)14-12-18-17-11-10-16-9-7-8-13-21(16,2)20(17)19(25)15-22(18,23)3/h1,16-20,25H,7-15H2,2-5H3/t16-,17+,18+,19+,20-,21+,22+,23+/m1/s1. The summed E-state index contributed by atoms with van der Waals surface area (Å²) >= 11 is 0. The highest BCUT2D eigenvalue weighted by atomic mass is 16.3. The fourth-order valence-corrected chi connectivity index (χ4v) is 8.53. The van der Waals surface area contributed by atoms with Gasteiger partial charge in [-0.15, -0.1) is 6.42 Å². The molecule has 4 aliphatic carbocycles. The molecule has 0 aliphatic heterocycles. The Hall–Kier alpha value is -0.520. The number of terminal acetylenes is 1. The van der Waals surface area contributed by atoms with E-state index in [1.165, 1.54) is 44.9 Å². The summed E-state index contributed by atoms with van der Waals surface area (Å²) in [4.78, 5) is 2.29. The normalized spacial score (nSPS) is 55.2. The lowest BCUT2D eigenvalue weighted by Crippen LogP contribution is -2.63. The molecule has 140 valence electrons. The summed E-state index contributed by atoms with van der Waals surface area (Å²) in [5.74, 6) is 5.90. The van der Waals surface area contributed by atoms with Crippen molar-refractivity contribution in [2.24, 2.45) is 34.5 Å². The molecule has 4 rings (SSSR count). The molecule has 4 fully saturated rings. The Balaban J connectivity index is 1.73. The molecule has 2 heteroatoms. The highest BCUT2D eigenvalue weighted by Crippen LogP contribution is 2.68. The first-order valence-electron chi connectivity index (χ1n) is 10.6. The Bertz CT molecular complexity index is 579. The van der Waals surface area contributed by atoms with Crippen molar-refractivity contribution in [2.45, 2.75) is 83.3 Å². The van der Waals surface area contributed by atoms with Crippen molar-refractivity contribution in [2.75, 3.05) is 14.1 Å². The Morgan fingerprint density at radius 3 is 2.48 bits per heavy atom. The molecule has 0 heterocycles. The van der Waals surface area contributed by atoms with Crippen molar-refractivity contribution in [3.63, 3.8) is 0 Å². The van der Waals surface area contributed by atoms with Crippen LogP contribution in [0.25, 0.3) is 0 Å². The first-order valence-corrected chi connectivity index (χ1v) is 10.6. The molecular formula is C23H37NO. The van der Waals surface area contributed by atoms with Crippen LogP contribution >= 0.6 is 0 Å². The van der Waals surface area contributed by atoms with Crippen LogP contribution in [0.3, 0.4) is 0 Å². The van der Waals surface area contributed by atoms with Gasteiger partial charge in [-0.1, -0.05) is 32.6 Å². The van der Waals surface area contributed by atoms with Crippen molar-refractivity contribution in [3.8, 4) is 12.3 Å². The zero-order valence-corrected chi connectivity index (χ0v) is 16.7. The van der Waals surface area contributed by atoms with E-state index in [0.29, 0.717) is 23.2 Å². The molecular weight excluding hydrogens is 306 g/mol. The molecule has 4 aliphatic rings. The van der Waals surface area contributed by atoms with Crippen LogP contribution in [0.2, 0.25) is 0 Å². The lowest BCUT2D eigenvalue weighted by Gasteiger charge is -2.63. The average Bonchev–Trinajstić information content (AvgIpc) is 2.86. The third-order valence-electron chi connectivity index (χ3n) is 9.67. The van der Waals surface area contributed by atoms with E-state index in [0.717, 1.165) is 18.8 Å². The molecule has 0 radical (unpaired) electrons. The second kappa shape index (κ2) is 5.74. The van der Waals surface area contributed by atoms with Gasteiger partial charge in [0.05, 0.1) is 11.6 Å². The Morgan fingerprint density at radius 2 is 1.80 bits per heavy atom. The van der Waals surface area contributed by atoms with E-state index < -0.39 is 0 Å². The highest BCUT2D eigenvalue weighted by molar-refractivity contribution is 5.28. The van der Waals surface area contributed by atoms with Gasteiger partial charge in [0.2, 0.25) is 0 Å². The predicted molar refractivity (Wildman–Crippen MR) is 103 cm³/mol. The minimum Gasteiger partial charge on any atom is -0.393 e. The van der Waals surface area contributed by atoms with E-state index in [2.05, 4.69) is 38.8 Å². The summed E-state index contributed by atoms with van der Waals surface area (Å²) in [6.07, 6.45) is 17.3. The minimum atomic E-state index is -0.187. The molecule has 1 N–H and O–H groups in total. The molecule has 0 aromatic carbocycles. The van der Waals surface area contributed by atoms with Gasteiger partial charge in [-0.3, -0.25) is 4.90 Å². The molecule has 2 nitrogen and oxygen atoms in total. The van der Waals surface area contributed by atoms with Crippen LogP contribution in [0.15, 0.2) is 0 Å². The third kappa shape index (κ3) is 2.12. The van der Waals surface area contributed by atoms with Gasteiger partial charge in [0.25, 0.3) is 0 Å². The number of rotatable bonds is 1.